The summed E-state index contributed by atoms with van der Waals surface area (Å²) in [7, 11) is -3.69. The Labute approximate surface area is 137 Å². The van der Waals surface area contributed by atoms with E-state index in [1.807, 2.05) is 6.92 Å². The van der Waals surface area contributed by atoms with Gasteiger partial charge in [-0.3, -0.25) is 0 Å². The molecule has 0 spiro atoms. The first-order valence-electron chi connectivity index (χ1n) is 6.91. The number of sulfonamides is 1. The molecule has 1 aromatic carbocycles. The Bertz CT molecular complexity index is 591. The molecule has 0 radical (unpaired) electrons. The maximum atomic E-state index is 12.4. The lowest BCUT2D eigenvalue weighted by atomic mass is 10.0. The summed E-state index contributed by atoms with van der Waals surface area (Å²) < 4.78 is 27.5. The van der Waals surface area contributed by atoms with Crippen LogP contribution >= 0.6 is 23.2 Å². The van der Waals surface area contributed by atoms with Crippen molar-refractivity contribution in [1.29, 1.82) is 0 Å². The van der Waals surface area contributed by atoms with Gasteiger partial charge in [0.2, 0.25) is 10.0 Å². The highest BCUT2D eigenvalue weighted by molar-refractivity contribution is 7.89. The van der Waals surface area contributed by atoms with E-state index in [9.17, 15) is 8.42 Å². The first kappa shape index (κ1) is 18.7. The van der Waals surface area contributed by atoms with E-state index in [4.69, 9.17) is 28.9 Å². The molecule has 21 heavy (non-hydrogen) atoms. The van der Waals surface area contributed by atoms with Gasteiger partial charge in [0.15, 0.2) is 0 Å². The average Bonchev–Trinajstić information content (AvgIpc) is 2.37. The topological polar surface area (TPSA) is 72.2 Å². The molecular formula is C14H22Cl2N2O2S. The Morgan fingerprint density at radius 3 is 2.38 bits per heavy atom. The predicted molar refractivity (Wildman–Crippen MR) is 88.2 cm³/mol. The predicted octanol–water partition coefficient (Wildman–Crippen LogP) is 3.56. The van der Waals surface area contributed by atoms with Gasteiger partial charge in [0, 0.05) is 17.6 Å². The Hall–Kier alpha value is -0.330. The molecule has 3 N–H and O–H groups in total. The third-order valence-corrected chi connectivity index (χ3v) is 5.83. The largest absolute Gasteiger partial charge is 0.326 e. The number of halogens is 2. The molecule has 0 amide bonds. The Morgan fingerprint density at radius 1 is 1.24 bits per heavy atom. The monoisotopic (exact) mass is 352 g/mol. The fourth-order valence-electron chi connectivity index (χ4n) is 2.08. The highest BCUT2D eigenvalue weighted by atomic mass is 35.5. The van der Waals surface area contributed by atoms with Crippen molar-refractivity contribution < 1.29 is 8.42 Å². The number of nitrogens with one attached hydrogen (secondary N) is 1. The number of hydrogen-bond donors (Lipinski definition) is 2. The first-order valence-corrected chi connectivity index (χ1v) is 9.15. The van der Waals surface area contributed by atoms with Gasteiger partial charge < -0.3 is 5.73 Å². The molecule has 0 aromatic heterocycles. The van der Waals surface area contributed by atoms with Crippen LogP contribution in [0, 0.1) is 5.92 Å². The third-order valence-electron chi connectivity index (χ3n) is 3.42. The van der Waals surface area contributed by atoms with Crippen molar-refractivity contribution >= 4 is 33.2 Å². The smallest absolute Gasteiger partial charge is 0.242 e. The molecule has 0 saturated heterocycles. The Morgan fingerprint density at radius 2 is 1.86 bits per heavy atom. The zero-order chi connectivity index (χ0) is 16.2. The van der Waals surface area contributed by atoms with Gasteiger partial charge in [-0.15, -0.1) is 0 Å². The van der Waals surface area contributed by atoms with Crippen molar-refractivity contribution in [2.75, 3.05) is 0 Å². The SMILES string of the molecule is CCC(C)CC(C)NS(=O)(=O)c1cc(CN)c(Cl)cc1Cl. The minimum atomic E-state index is -3.69. The lowest BCUT2D eigenvalue weighted by molar-refractivity contribution is 0.445. The normalized spacial score (nSPS) is 15.0. The van der Waals surface area contributed by atoms with Crippen molar-refractivity contribution in [3.63, 3.8) is 0 Å². The van der Waals surface area contributed by atoms with Gasteiger partial charge in [-0.25, -0.2) is 13.1 Å². The summed E-state index contributed by atoms with van der Waals surface area (Å²) in [6, 6.07) is 2.68. The summed E-state index contributed by atoms with van der Waals surface area (Å²) in [5, 5.41) is 0.467. The molecule has 7 heteroatoms. The van der Waals surface area contributed by atoms with Crippen LogP contribution in [0.2, 0.25) is 10.0 Å². The quantitative estimate of drug-likeness (QED) is 0.787. The molecule has 2 atom stereocenters. The zero-order valence-corrected chi connectivity index (χ0v) is 14.8. The van der Waals surface area contributed by atoms with Crippen molar-refractivity contribution in [1.82, 2.24) is 4.72 Å². The second-order valence-corrected chi connectivity index (χ2v) is 7.85. The van der Waals surface area contributed by atoms with Crippen LogP contribution in [0.3, 0.4) is 0 Å². The van der Waals surface area contributed by atoms with Crippen LogP contribution < -0.4 is 10.5 Å². The van der Waals surface area contributed by atoms with Crippen LogP contribution in [0.5, 0.6) is 0 Å². The van der Waals surface area contributed by atoms with Crippen molar-refractivity contribution in [2.24, 2.45) is 11.7 Å². The first-order chi connectivity index (χ1) is 9.71. The van der Waals surface area contributed by atoms with Crippen LogP contribution in [-0.2, 0) is 16.6 Å². The molecule has 0 fully saturated rings. The standard InChI is InChI=1S/C14H22Cl2N2O2S/c1-4-9(2)5-10(3)18-21(19,20)14-6-11(8-17)12(15)7-13(14)16/h6-7,9-10,18H,4-5,8,17H2,1-3H3. The summed E-state index contributed by atoms with van der Waals surface area (Å²) in [5.41, 5.74) is 6.11. The van der Waals surface area contributed by atoms with Crippen LogP contribution in [0.25, 0.3) is 0 Å². The fraction of sp³-hybridized carbons (Fsp3) is 0.571. The Kier molecular flexibility index (Phi) is 6.94. The van der Waals surface area contributed by atoms with E-state index in [1.165, 1.54) is 12.1 Å². The minimum absolute atomic E-state index is 0.0185. The van der Waals surface area contributed by atoms with E-state index in [1.54, 1.807) is 0 Å². The van der Waals surface area contributed by atoms with Gasteiger partial charge in [-0.2, -0.15) is 0 Å². The number of nitrogens with two attached hydrogens (primary N) is 1. The number of benzene rings is 1. The molecular weight excluding hydrogens is 331 g/mol. The molecule has 0 aliphatic rings. The highest BCUT2D eigenvalue weighted by Crippen LogP contribution is 2.28. The van der Waals surface area contributed by atoms with Crippen LogP contribution in [0.4, 0.5) is 0 Å². The molecule has 0 bridgehead atoms. The maximum absolute atomic E-state index is 12.4. The number of rotatable bonds is 7. The van der Waals surface area contributed by atoms with Crippen LogP contribution in [-0.4, -0.2) is 14.5 Å². The molecule has 0 aliphatic carbocycles. The zero-order valence-electron chi connectivity index (χ0n) is 12.5. The van der Waals surface area contributed by atoms with E-state index in [0.29, 0.717) is 16.5 Å². The van der Waals surface area contributed by atoms with Crippen LogP contribution in [0.15, 0.2) is 17.0 Å². The van der Waals surface area contributed by atoms with Crippen molar-refractivity contribution in [3.05, 3.63) is 27.7 Å². The van der Waals surface area contributed by atoms with Gasteiger partial charge in [-0.05, 0) is 37.0 Å². The fourth-order valence-corrected chi connectivity index (χ4v) is 4.21. The molecule has 0 aliphatic heterocycles. The molecule has 0 heterocycles. The molecule has 0 saturated carbocycles. The van der Waals surface area contributed by atoms with E-state index >= 15 is 0 Å². The van der Waals surface area contributed by atoms with Gasteiger partial charge in [0.05, 0.1) is 5.02 Å². The average molecular weight is 353 g/mol. The van der Waals surface area contributed by atoms with Gasteiger partial charge >= 0.3 is 0 Å². The summed E-state index contributed by atoms with van der Waals surface area (Å²) in [5.74, 6) is 0.447. The summed E-state index contributed by atoms with van der Waals surface area (Å²) in [4.78, 5) is 0.0185. The maximum Gasteiger partial charge on any atom is 0.242 e. The molecule has 2 unspecified atom stereocenters. The van der Waals surface area contributed by atoms with E-state index in [-0.39, 0.29) is 22.5 Å². The van der Waals surface area contributed by atoms with Crippen molar-refractivity contribution in [2.45, 2.75) is 51.1 Å². The second kappa shape index (κ2) is 7.79. The molecule has 1 aromatic rings. The molecule has 4 nitrogen and oxygen atoms in total. The lowest BCUT2D eigenvalue weighted by Crippen LogP contribution is -2.34. The minimum Gasteiger partial charge on any atom is -0.326 e. The Balaban J connectivity index is 3.03. The van der Waals surface area contributed by atoms with Gasteiger partial charge in [-0.1, -0.05) is 43.5 Å². The van der Waals surface area contributed by atoms with Gasteiger partial charge in [0.1, 0.15) is 4.90 Å². The summed E-state index contributed by atoms with van der Waals surface area (Å²) in [6.07, 6.45) is 1.77. The summed E-state index contributed by atoms with van der Waals surface area (Å²) in [6.45, 7) is 6.17. The van der Waals surface area contributed by atoms with E-state index in [0.717, 1.165) is 12.8 Å². The van der Waals surface area contributed by atoms with E-state index < -0.39 is 10.0 Å². The molecule has 120 valence electrons. The second-order valence-electron chi connectivity index (χ2n) is 5.35. The lowest BCUT2D eigenvalue weighted by Gasteiger charge is -2.18. The van der Waals surface area contributed by atoms with Gasteiger partial charge in [0.25, 0.3) is 0 Å². The van der Waals surface area contributed by atoms with Crippen LogP contribution in [0.1, 0.15) is 39.2 Å². The summed E-state index contributed by atoms with van der Waals surface area (Å²) >= 11 is 12.0. The molecule has 1 rings (SSSR count). The van der Waals surface area contributed by atoms with E-state index in [2.05, 4.69) is 18.6 Å². The highest BCUT2D eigenvalue weighted by Gasteiger charge is 2.22. The number of hydrogen-bond acceptors (Lipinski definition) is 3. The third kappa shape index (κ3) is 5.11. The van der Waals surface area contributed by atoms with Crippen molar-refractivity contribution in [3.8, 4) is 0 Å².